The van der Waals surface area contributed by atoms with Crippen LogP contribution in [0.15, 0.2) is 59.8 Å². The summed E-state index contributed by atoms with van der Waals surface area (Å²) in [6.45, 7) is 0.625. The second-order valence-electron chi connectivity index (χ2n) is 6.99. The van der Waals surface area contributed by atoms with Gasteiger partial charge in [0.1, 0.15) is 5.75 Å². The maximum atomic E-state index is 12.6. The highest BCUT2D eigenvalue weighted by Crippen LogP contribution is 2.46. The van der Waals surface area contributed by atoms with Crippen molar-refractivity contribution in [1.29, 1.82) is 0 Å². The molecule has 2 aliphatic heterocycles. The van der Waals surface area contributed by atoms with Crippen LogP contribution < -0.4 is 4.74 Å². The number of fused-ring (bicyclic) bond motifs is 3. The third kappa shape index (κ3) is 1.99. The average molecular weight is 305 g/mol. The van der Waals surface area contributed by atoms with E-state index in [1.807, 2.05) is 17.0 Å². The number of allylic oxidation sites excluding steroid dienone is 3. The lowest BCUT2D eigenvalue weighted by atomic mass is 9.79. The molecule has 1 aromatic carbocycles. The van der Waals surface area contributed by atoms with Crippen LogP contribution in [0.2, 0.25) is 0 Å². The van der Waals surface area contributed by atoms with Gasteiger partial charge in [0.25, 0.3) is 0 Å². The van der Waals surface area contributed by atoms with Crippen LogP contribution in [0.5, 0.6) is 5.75 Å². The molecule has 1 saturated carbocycles. The molecule has 116 valence electrons. The van der Waals surface area contributed by atoms with Crippen LogP contribution in [0.1, 0.15) is 24.8 Å². The lowest BCUT2D eigenvalue weighted by Crippen LogP contribution is -2.52. The molecule has 0 bridgehead atoms. The number of hydrogen-bond acceptors (Lipinski definition) is 2. The number of ether oxygens (including phenoxy) is 1. The van der Waals surface area contributed by atoms with E-state index in [1.165, 1.54) is 16.7 Å². The van der Waals surface area contributed by atoms with E-state index in [1.54, 1.807) is 0 Å². The van der Waals surface area contributed by atoms with E-state index in [0.717, 1.165) is 31.4 Å². The molecule has 1 atom stereocenters. The van der Waals surface area contributed by atoms with E-state index in [2.05, 4.69) is 36.6 Å². The third-order valence-corrected chi connectivity index (χ3v) is 5.27. The summed E-state index contributed by atoms with van der Waals surface area (Å²) in [5.74, 6) is 1.46. The number of rotatable bonds is 1. The Morgan fingerprint density at radius 2 is 2.13 bits per heavy atom. The molecule has 5 rings (SSSR count). The van der Waals surface area contributed by atoms with Crippen molar-refractivity contribution in [2.45, 2.75) is 31.3 Å². The largest absolute Gasteiger partial charge is 0.480 e. The van der Waals surface area contributed by atoms with Crippen LogP contribution in [0, 0.1) is 5.92 Å². The molecular formula is C20H19NO2. The molecule has 1 unspecified atom stereocenters. The number of amides is 1. The molecule has 3 nitrogen and oxygen atoms in total. The van der Waals surface area contributed by atoms with Gasteiger partial charge in [0.05, 0.1) is 6.54 Å². The summed E-state index contributed by atoms with van der Waals surface area (Å²) >= 11 is 0. The predicted octanol–water partition coefficient (Wildman–Crippen LogP) is 3.38. The Hall–Kier alpha value is -2.29. The van der Waals surface area contributed by atoms with Gasteiger partial charge < -0.3 is 9.64 Å². The second-order valence-corrected chi connectivity index (χ2v) is 6.99. The lowest BCUT2D eigenvalue weighted by Gasteiger charge is -2.41. The minimum atomic E-state index is -0.414. The molecule has 1 amide bonds. The maximum Gasteiger partial charge on any atom is 0.229 e. The van der Waals surface area contributed by atoms with Crippen molar-refractivity contribution in [2.24, 2.45) is 5.92 Å². The SMILES string of the molecule is O=C(C1CC1)N1C=C2CC=CC=C2C2(Cc3ccccc3O2)C1. The zero-order chi connectivity index (χ0) is 15.4. The van der Waals surface area contributed by atoms with Crippen LogP contribution in [0.3, 0.4) is 0 Å². The minimum absolute atomic E-state index is 0.234. The summed E-state index contributed by atoms with van der Waals surface area (Å²) in [5.41, 5.74) is 3.29. The van der Waals surface area contributed by atoms with Crippen molar-refractivity contribution in [3.8, 4) is 5.75 Å². The number of benzene rings is 1. The molecule has 23 heavy (non-hydrogen) atoms. The molecule has 1 aromatic rings. The van der Waals surface area contributed by atoms with Gasteiger partial charge >= 0.3 is 0 Å². The van der Waals surface area contributed by atoms with Gasteiger partial charge in [-0.15, -0.1) is 0 Å². The molecular weight excluding hydrogens is 286 g/mol. The Labute approximate surface area is 135 Å². The van der Waals surface area contributed by atoms with Gasteiger partial charge in [0.2, 0.25) is 5.91 Å². The molecule has 0 saturated heterocycles. The van der Waals surface area contributed by atoms with E-state index >= 15 is 0 Å². The number of hydrogen-bond donors (Lipinski definition) is 0. The Balaban J connectivity index is 1.58. The summed E-state index contributed by atoms with van der Waals surface area (Å²) in [6, 6.07) is 8.24. The lowest BCUT2D eigenvalue weighted by molar-refractivity contribution is -0.132. The fourth-order valence-electron chi connectivity index (χ4n) is 3.99. The van der Waals surface area contributed by atoms with Crippen LogP contribution in [-0.2, 0) is 11.2 Å². The molecule has 0 N–H and O–H groups in total. The highest BCUT2D eigenvalue weighted by molar-refractivity contribution is 5.83. The molecule has 1 fully saturated rings. The Morgan fingerprint density at radius 1 is 1.26 bits per heavy atom. The van der Waals surface area contributed by atoms with Gasteiger partial charge in [-0.25, -0.2) is 0 Å². The van der Waals surface area contributed by atoms with Gasteiger partial charge in [-0.2, -0.15) is 0 Å². The predicted molar refractivity (Wildman–Crippen MR) is 87.9 cm³/mol. The maximum absolute atomic E-state index is 12.6. The van der Waals surface area contributed by atoms with Crippen molar-refractivity contribution in [1.82, 2.24) is 4.90 Å². The first kappa shape index (κ1) is 13.2. The van der Waals surface area contributed by atoms with Crippen LogP contribution in [0.25, 0.3) is 0 Å². The summed E-state index contributed by atoms with van der Waals surface area (Å²) in [7, 11) is 0. The van der Waals surface area contributed by atoms with Crippen LogP contribution >= 0.6 is 0 Å². The van der Waals surface area contributed by atoms with E-state index in [4.69, 9.17) is 4.74 Å². The average Bonchev–Trinajstić information content (AvgIpc) is 3.35. The monoisotopic (exact) mass is 305 g/mol. The molecule has 0 aromatic heterocycles. The molecule has 0 radical (unpaired) electrons. The first-order chi connectivity index (χ1) is 11.3. The van der Waals surface area contributed by atoms with Gasteiger partial charge in [0.15, 0.2) is 5.60 Å². The zero-order valence-corrected chi connectivity index (χ0v) is 13.0. The standard InChI is InChI=1S/C20H19NO2/c22-19(14-9-10-14)21-12-16-6-1-3-7-17(16)20(13-21)11-15-5-2-4-8-18(15)23-20/h1-5,7-8,12,14H,6,9-11,13H2. The second kappa shape index (κ2) is 4.60. The highest BCUT2D eigenvalue weighted by Gasteiger charge is 2.49. The van der Waals surface area contributed by atoms with E-state index in [-0.39, 0.29) is 11.8 Å². The van der Waals surface area contributed by atoms with Crippen LogP contribution in [-0.4, -0.2) is 23.0 Å². The van der Waals surface area contributed by atoms with Crippen LogP contribution in [0.4, 0.5) is 0 Å². The van der Waals surface area contributed by atoms with Crippen molar-refractivity contribution >= 4 is 5.91 Å². The highest BCUT2D eigenvalue weighted by atomic mass is 16.5. The first-order valence-corrected chi connectivity index (χ1v) is 8.41. The summed E-state index contributed by atoms with van der Waals surface area (Å²) in [4.78, 5) is 14.6. The van der Waals surface area contributed by atoms with Crippen molar-refractivity contribution in [3.05, 3.63) is 65.4 Å². The number of para-hydroxylation sites is 1. The normalized spacial score (nSPS) is 27.9. The van der Waals surface area contributed by atoms with E-state index in [9.17, 15) is 4.79 Å². The molecule has 1 spiro atoms. The fraction of sp³-hybridized carbons (Fsp3) is 0.350. The smallest absolute Gasteiger partial charge is 0.229 e. The number of nitrogens with zero attached hydrogens (tertiary/aromatic N) is 1. The Morgan fingerprint density at radius 3 is 2.96 bits per heavy atom. The Kier molecular flexibility index (Phi) is 2.64. The third-order valence-electron chi connectivity index (χ3n) is 5.27. The van der Waals surface area contributed by atoms with Gasteiger partial charge in [-0.05, 0) is 36.5 Å². The van der Waals surface area contributed by atoms with Crippen molar-refractivity contribution < 1.29 is 9.53 Å². The zero-order valence-electron chi connectivity index (χ0n) is 13.0. The van der Waals surface area contributed by atoms with Crippen molar-refractivity contribution in [3.63, 3.8) is 0 Å². The van der Waals surface area contributed by atoms with E-state index in [0.29, 0.717) is 6.54 Å². The Bertz CT molecular complexity index is 758. The minimum Gasteiger partial charge on any atom is -0.480 e. The summed E-state index contributed by atoms with van der Waals surface area (Å²) in [5, 5.41) is 0. The molecule has 4 aliphatic rings. The van der Waals surface area contributed by atoms with Gasteiger partial charge in [0, 0.05) is 24.1 Å². The molecule has 2 aliphatic carbocycles. The first-order valence-electron chi connectivity index (χ1n) is 8.41. The fourth-order valence-corrected chi connectivity index (χ4v) is 3.99. The number of carbonyl (C=O) groups excluding carboxylic acids is 1. The summed E-state index contributed by atoms with van der Waals surface area (Å²) in [6.07, 6.45) is 12.3. The number of carbonyl (C=O) groups is 1. The quantitative estimate of drug-likeness (QED) is 0.796. The van der Waals surface area contributed by atoms with Gasteiger partial charge in [-0.1, -0.05) is 36.4 Å². The van der Waals surface area contributed by atoms with Crippen molar-refractivity contribution in [2.75, 3.05) is 6.54 Å². The molecule has 2 heterocycles. The molecule has 3 heteroatoms. The van der Waals surface area contributed by atoms with E-state index < -0.39 is 5.60 Å². The topological polar surface area (TPSA) is 29.5 Å². The van der Waals surface area contributed by atoms with Gasteiger partial charge in [-0.3, -0.25) is 4.79 Å². The summed E-state index contributed by atoms with van der Waals surface area (Å²) < 4.78 is 6.45.